The molecule has 0 saturated heterocycles. The smallest absolute Gasteiger partial charge is 0.312 e. The standard InChI is InChI=1S/C13H24O3/c1-4-12(3,11(14)15)13(16)8-5-6-10(2)7-9-13/h10,16H,4-9H2,1-3H3,(H,14,15). The summed E-state index contributed by atoms with van der Waals surface area (Å²) < 4.78 is 0. The molecule has 0 spiro atoms. The lowest BCUT2D eigenvalue weighted by Gasteiger charge is -2.41. The summed E-state index contributed by atoms with van der Waals surface area (Å²) in [6.45, 7) is 5.71. The van der Waals surface area contributed by atoms with E-state index in [4.69, 9.17) is 0 Å². The maximum Gasteiger partial charge on any atom is 0.312 e. The van der Waals surface area contributed by atoms with Gasteiger partial charge >= 0.3 is 5.97 Å². The summed E-state index contributed by atoms with van der Waals surface area (Å²) in [5.41, 5.74) is -2.03. The van der Waals surface area contributed by atoms with Gasteiger partial charge in [0.05, 0.1) is 11.0 Å². The summed E-state index contributed by atoms with van der Waals surface area (Å²) >= 11 is 0. The summed E-state index contributed by atoms with van der Waals surface area (Å²) in [6, 6.07) is 0. The van der Waals surface area contributed by atoms with Gasteiger partial charge in [0.2, 0.25) is 0 Å². The average Bonchev–Trinajstić information content (AvgIpc) is 2.40. The lowest BCUT2D eigenvalue weighted by molar-refractivity contribution is -0.170. The summed E-state index contributed by atoms with van der Waals surface area (Å²) in [4.78, 5) is 11.4. The van der Waals surface area contributed by atoms with Crippen LogP contribution in [0.25, 0.3) is 0 Å². The second-order valence-electron chi connectivity index (χ2n) is 5.56. The Bertz CT molecular complexity index is 264. The fourth-order valence-corrected chi connectivity index (χ4v) is 2.73. The van der Waals surface area contributed by atoms with Crippen LogP contribution in [0.1, 0.15) is 59.3 Å². The first-order chi connectivity index (χ1) is 7.35. The Kier molecular flexibility index (Phi) is 4.00. The van der Waals surface area contributed by atoms with Crippen LogP contribution in [0, 0.1) is 11.3 Å². The molecule has 0 aromatic carbocycles. The van der Waals surface area contributed by atoms with E-state index in [9.17, 15) is 15.0 Å². The number of hydrogen-bond donors (Lipinski definition) is 2. The highest BCUT2D eigenvalue weighted by atomic mass is 16.4. The first-order valence-electron chi connectivity index (χ1n) is 6.31. The van der Waals surface area contributed by atoms with Gasteiger partial charge in [0.25, 0.3) is 0 Å². The molecule has 0 bridgehead atoms. The van der Waals surface area contributed by atoms with Crippen molar-refractivity contribution in [3.63, 3.8) is 0 Å². The Labute approximate surface area is 97.9 Å². The highest BCUT2D eigenvalue weighted by molar-refractivity contribution is 5.75. The van der Waals surface area contributed by atoms with Crippen molar-refractivity contribution < 1.29 is 15.0 Å². The zero-order chi connectivity index (χ0) is 12.4. The van der Waals surface area contributed by atoms with Crippen LogP contribution in [0.2, 0.25) is 0 Å². The minimum absolute atomic E-state index is 0.479. The molecule has 0 heterocycles. The third-order valence-electron chi connectivity index (χ3n) is 4.54. The molecule has 1 aliphatic rings. The van der Waals surface area contributed by atoms with Crippen molar-refractivity contribution in [3.8, 4) is 0 Å². The minimum Gasteiger partial charge on any atom is -0.481 e. The van der Waals surface area contributed by atoms with Crippen LogP contribution in [0.4, 0.5) is 0 Å². The number of rotatable bonds is 3. The number of aliphatic hydroxyl groups is 1. The van der Waals surface area contributed by atoms with Crippen LogP contribution in [-0.2, 0) is 4.79 Å². The van der Waals surface area contributed by atoms with Crippen molar-refractivity contribution in [1.29, 1.82) is 0 Å². The molecule has 94 valence electrons. The molecule has 3 atom stereocenters. The highest BCUT2D eigenvalue weighted by Gasteiger charge is 2.51. The fraction of sp³-hybridized carbons (Fsp3) is 0.923. The lowest BCUT2D eigenvalue weighted by Crippen LogP contribution is -2.51. The van der Waals surface area contributed by atoms with Crippen LogP contribution >= 0.6 is 0 Å². The third kappa shape index (κ3) is 2.24. The largest absolute Gasteiger partial charge is 0.481 e. The molecule has 0 amide bonds. The maximum absolute atomic E-state index is 11.4. The van der Waals surface area contributed by atoms with Gasteiger partial charge in [-0.15, -0.1) is 0 Å². The van der Waals surface area contributed by atoms with E-state index in [0.29, 0.717) is 25.2 Å². The van der Waals surface area contributed by atoms with E-state index in [1.807, 2.05) is 6.92 Å². The molecule has 1 aliphatic carbocycles. The SMILES string of the molecule is CCC(C)(C(=O)O)C1(O)CCCC(C)CC1. The average molecular weight is 228 g/mol. The predicted molar refractivity (Wildman–Crippen MR) is 63.2 cm³/mol. The first kappa shape index (κ1) is 13.5. The van der Waals surface area contributed by atoms with Gasteiger partial charge in [0.15, 0.2) is 0 Å². The van der Waals surface area contributed by atoms with Gasteiger partial charge in [0, 0.05) is 0 Å². The van der Waals surface area contributed by atoms with Gasteiger partial charge in [-0.2, -0.15) is 0 Å². The van der Waals surface area contributed by atoms with Crippen molar-refractivity contribution in [2.75, 3.05) is 0 Å². The van der Waals surface area contributed by atoms with Crippen LogP contribution < -0.4 is 0 Å². The summed E-state index contributed by atoms with van der Waals surface area (Å²) in [7, 11) is 0. The van der Waals surface area contributed by atoms with Crippen molar-refractivity contribution in [2.45, 2.75) is 64.9 Å². The molecule has 0 radical (unpaired) electrons. The quantitative estimate of drug-likeness (QED) is 0.730. The van der Waals surface area contributed by atoms with Gasteiger partial charge in [-0.25, -0.2) is 0 Å². The zero-order valence-electron chi connectivity index (χ0n) is 10.6. The second kappa shape index (κ2) is 4.74. The third-order valence-corrected chi connectivity index (χ3v) is 4.54. The van der Waals surface area contributed by atoms with E-state index in [1.54, 1.807) is 6.92 Å². The molecular formula is C13H24O3. The fourth-order valence-electron chi connectivity index (χ4n) is 2.73. The minimum atomic E-state index is -1.03. The summed E-state index contributed by atoms with van der Waals surface area (Å²) in [6.07, 6.45) is 4.67. The van der Waals surface area contributed by atoms with Crippen LogP contribution in [-0.4, -0.2) is 21.8 Å². The number of hydrogen-bond acceptors (Lipinski definition) is 2. The molecule has 0 aromatic rings. The van der Waals surface area contributed by atoms with Crippen molar-refractivity contribution in [2.24, 2.45) is 11.3 Å². The molecule has 1 saturated carbocycles. The van der Waals surface area contributed by atoms with E-state index in [2.05, 4.69) is 6.92 Å². The van der Waals surface area contributed by atoms with Gasteiger partial charge in [-0.3, -0.25) is 4.79 Å². The Balaban J connectivity index is 2.93. The number of carbonyl (C=O) groups is 1. The molecule has 16 heavy (non-hydrogen) atoms. The van der Waals surface area contributed by atoms with E-state index >= 15 is 0 Å². The molecule has 3 heteroatoms. The normalized spacial score (nSPS) is 35.1. The summed E-state index contributed by atoms with van der Waals surface area (Å²) in [5.74, 6) is -0.268. The van der Waals surface area contributed by atoms with Crippen molar-refractivity contribution >= 4 is 5.97 Å². The van der Waals surface area contributed by atoms with E-state index in [0.717, 1.165) is 19.3 Å². The molecule has 1 fully saturated rings. The van der Waals surface area contributed by atoms with Crippen LogP contribution in [0.5, 0.6) is 0 Å². The Morgan fingerprint density at radius 1 is 1.44 bits per heavy atom. The number of carboxylic acids is 1. The Morgan fingerprint density at radius 3 is 2.56 bits per heavy atom. The Morgan fingerprint density at radius 2 is 2.06 bits per heavy atom. The number of carboxylic acid groups (broad SMARTS) is 1. The molecular weight excluding hydrogens is 204 g/mol. The van der Waals surface area contributed by atoms with Crippen molar-refractivity contribution in [1.82, 2.24) is 0 Å². The van der Waals surface area contributed by atoms with Gasteiger partial charge < -0.3 is 10.2 Å². The molecule has 2 N–H and O–H groups in total. The molecule has 0 aromatic heterocycles. The maximum atomic E-state index is 11.4. The monoisotopic (exact) mass is 228 g/mol. The van der Waals surface area contributed by atoms with Crippen molar-refractivity contribution in [3.05, 3.63) is 0 Å². The molecule has 3 unspecified atom stereocenters. The molecule has 1 rings (SSSR count). The number of aliphatic carboxylic acids is 1. The second-order valence-corrected chi connectivity index (χ2v) is 5.56. The van der Waals surface area contributed by atoms with E-state index in [1.165, 1.54) is 0 Å². The van der Waals surface area contributed by atoms with Gasteiger partial charge in [-0.1, -0.05) is 26.7 Å². The molecule has 0 aliphatic heterocycles. The van der Waals surface area contributed by atoms with Gasteiger partial charge in [0.1, 0.15) is 0 Å². The topological polar surface area (TPSA) is 57.5 Å². The van der Waals surface area contributed by atoms with E-state index in [-0.39, 0.29) is 0 Å². The highest BCUT2D eigenvalue weighted by Crippen LogP contribution is 2.44. The van der Waals surface area contributed by atoms with E-state index < -0.39 is 17.0 Å². The summed E-state index contributed by atoms with van der Waals surface area (Å²) in [5, 5.41) is 20.0. The molecule has 3 nitrogen and oxygen atoms in total. The van der Waals surface area contributed by atoms with Crippen LogP contribution in [0.3, 0.4) is 0 Å². The lowest BCUT2D eigenvalue weighted by atomic mass is 9.67. The zero-order valence-corrected chi connectivity index (χ0v) is 10.6. The van der Waals surface area contributed by atoms with Crippen LogP contribution in [0.15, 0.2) is 0 Å². The van der Waals surface area contributed by atoms with Gasteiger partial charge in [-0.05, 0) is 38.5 Å². The Hall–Kier alpha value is -0.570. The first-order valence-corrected chi connectivity index (χ1v) is 6.31. The predicted octanol–water partition coefficient (Wildman–Crippen LogP) is 2.82.